The van der Waals surface area contributed by atoms with Crippen LogP contribution in [-0.4, -0.2) is 46.5 Å². The highest BCUT2D eigenvalue weighted by Crippen LogP contribution is 2.32. The van der Waals surface area contributed by atoms with E-state index in [0.29, 0.717) is 11.4 Å². The lowest BCUT2D eigenvalue weighted by atomic mass is 10.0. The maximum absolute atomic E-state index is 13.3. The fourth-order valence-corrected chi connectivity index (χ4v) is 2.88. The standard InChI is InChI=1S/C21H19F3N6O/c1-12-8-10-18(30-29-12)28-20(31)19-13(2)26-17(27-19)11-9-16(25-3)14-6-4-5-7-15(14)21(22,23)24/h4-11,17H,1-3H3,(H,28,30,31)/b11-9-,25-16+. The Labute approximate surface area is 176 Å². The molecule has 3 rings (SSSR count). The fraction of sp³-hybridized carbons (Fsp3) is 0.238. The largest absolute Gasteiger partial charge is 0.417 e. The molecule has 160 valence electrons. The molecule has 2 aromatic rings. The van der Waals surface area contributed by atoms with Gasteiger partial charge in [-0.25, -0.2) is 4.99 Å². The molecule has 0 saturated heterocycles. The Balaban J connectivity index is 1.78. The Morgan fingerprint density at radius 1 is 1.10 bits per heavy atom. The van der Waals surface area contributed by atoms with Crippen molar-refractivity contribution in [2.45, 2.75) is 26.2 Å². The monoisotopic (exact) mass is 428 g/mol. The summed E-state index contributed by atoms with van der Waals surface area (Å²) in [6.45, 7) is 3.40. The number of amides is 1. The van der Waals surface area contributed by atoms with Gasteiger partial charge in [0.25, 0.3) is 5.91 Å². The summed E-state index contributed by atoms with van der Waals surface area (Å²) in [5, 5.41) is 10.3. The van der Waals surface area contributed by atoms with E-state index in [1.54, 1.807) is 26.0 Å². The van der Waals surface area contributed by atoms with Gasteiger partial charge in [-0.1, -0.05) is 18.2 Å². The second-order valence-electron chi connectivity index (χ2n) is 6.63. The highest BCUT2D eigenvalue weighted by atomic mass is 19.4. The molecular formula is C21H19F3N6O. The average molecular weight is 428 g/mol. The number of aliphatic imine (C=N–C) groups is 3. The van der Waals surface area contributed by atoms with Crippen LogP contribution in [0.4, 0.5) is 19.0 Å². The van der Waals surface area contributed by atoms with Crippen LogP contribution in [0.15, 0.2) is 63.5 Å². The third kappa shape index (κ3) is 5.27. The molecule has 0 aliphatic carbocycles. The zero-order valence-electron chi connectivity index (χ0n) is 17.0. The molecular weight excluding hydrogens is 409 g/mol. The van der Waals surface area contributed by atoms with Crippen LogP contribution in [0.25, 0.3) is 0 Å². The summed E-state index contributed by atoms with van der Waals surface area (Å²) >= 11 is 0. The molecule has 0 fully saturated rings. The van der Waals surface area contributed by atoms with Crippen molar-refractivity contribution >= 4 is 28.9 Å². The molecule has 1 atom stereocenters. The van der Waals surface area contributed by atoms with E-state index in [0.717, 1.165) is 6.07 Å². The Hall–Kier alpha value is -3.69. The van der Waals surface area contributed by atoms with E-state index >= 15 is 0 Å². The lowest BCUT2D eigenvalue weighted by Crippen LogP contribution is -2.27. The normalized spacial score (nSPS) is 17.0. The first-order valence-corrected chi connectivity index (χ1v) is 9.25. The Morgan fingerprint density at radius 2 is 1.84 bits per heavy atom. The first kappa shape index (κ1) is 22.0. The number of anilines is 1. The van der Waals surface area contributed by atoms with Crippen LogP contribution >= 0.6 is 0 Å². The summed E-state index contributed by atoms with van der Waals surface area (Å²) in [4.78, 5) is 24.9. The summed E-state index contributed by atoms with van der Waals surface area (Å²) in [5.74, 6) is -0.226. The lowest BCUT2D eigenvalue weighted by molar-refractivity contribution is -0.137. The van der Waals surface area contributed by atoms with Gasteiger partial charge in [-0.3, -0.25) is 14.8 Å². The predicted octanol–water partition coefficient (Wildman–Crippen LogP) is 3.66. The van der Waals surface area contributed by atoms with E-state index < -0.39 is 23.8 Å². The van der Waals surface area contributed by atoms with Crippen LogP contribution in [0.5, 0.6) is 0 Å². The van der Waals surface area contributed by atoms with Crippen LogP contribution in [0.2, 0.25) is 0 Å². The number of benzene rings is 1. The Kier molecular flexibility index (Phi) is 6.38. The Bertz CT molecular complexity index is 1100. The van der Waals surface area contributed by atoms with Crippen molar-refractivity contribution in [3.8, 4) is 0 Å². The minimum absolute atomic E-state index is 0.0488. The van der Waals surface area contributed by atoms with Gasteiger partial charge < -0.3 is 5.32 Å². The van der Waals surface area contributed by atoms with E-state index in [-0.39, 0.29) is 22.8 Å². The van der Waals surface area contributed by atoms with Crippen LogP contribution in [-0.2, 0) is 11.0 Å². The van der Waals surface area contributed by atoms with Gasteiger partial charge >= 0.3 is 6.18 Å². The van der Waals surface area contributed by atoms with E-state index in [1.807, 2.05) is 0 Å². The summed E-state index contributed by atoms with van der Waals surface area (Å²) in [5.41, 5.74) is 0.519. The van der Waals surface area contributed by atoms with Gasteiger partial charge in [-0.2, -0.15) is 18.3 Å². The van der Waals surface area contributed by atoms with E-state index in [4.69, 9.17) is 0 Å². The predicted molar refractivity (Wildman–Crippen MR) is 113 cm³/mol. The molecule has 1 aliphatic rings. The van der Waals surface area contributed by atoms with Gasteiger partial charge in [0.15, 0.2) is 12.0 Å². The molecule has 0 spiro atoms. The molecule has 0 saturated carbocycles. The van der Waals surface area contributed by atoms with Crippen molar-refractivity contribution in [1.29, 1.82) is 0 Å². The SMILES string of the molecule is C/N=C(\C=C/C1N=C(C)C(C(=O)Nc2ccc(C)nn2)=N1)c1ccccc1C(F)(F)F. The number of hydrogen-bond acceptors (Lipinski definition) is 6. The number of rotatable bonds is 5. The van der Waals surface area contributed by atoms with E-state index in [9.17, 15) is 18.0 Å². The fourth-order valence-electron chi connectivity index (χ4n) is 2.88. The van der Waals surface area contributed by atoms with Crippen molar-refractivity contribution in [2.75, 3.05) is 12.4 Å². The molecule has 10 heteroatoms. The minimum atomic E-state index is -4.51. The third-order valence-electron chi connectivity index (χ3n) is 4.36. The Morgan fingerprint density at radius 3 is 2.48 bits per heavy atom. The molecule has 1 unspecified atom stereocenters. The van der Waals surface area contributed by atoms with E-state index in [2.05, 4.69) is 30.5 Å². The number of nitrogens with zero attached hydrogens (tertiary/aromatic N) is 5. The molecule has 31 heavy (non-hydrogen) atoms. The lowest BCUT2D eigenvalue weighted by Gasteiger charge is -2.12. The van der Waals surface area contributed by atoms with E-state index in [1.165, 1.54) is 37.4 Å². The van der Waals surface area contributed by atoms with Crippen molar-refractivity contribution in [3.63, 3.8) is 0 Å². The van der Waals surface area contributed by atoms with Gasteiger partial charge in [-0.05, 0) is 44.2 Å². The molecule has 1 aromatic carbocycles. The zero-order chi connectivity index (χ0) is 22.6. The number of halogens is 3. The summed E-state index contributed by atoms with van der Waals surface area (Å²) in [6, 6.07) is 8.50. The van der Waals surface area contributed by atoms with Crippen molar-refractivity contribution in [3.05, 3.63) is 65.4 Å². The molecule has 2 heterocycles. The summed E-state index contributed by atoms with van der Waals surface area (Å²) < 4.78 is 39.9. The van der Waals surface area contributed by atoms with Crippen LogP contribution < -0.4 is 5.32 Å². The number of hydrogen-bond donors (Lipinski definition) is 1. The number of nitrogens with one attached hydrogen (secondary N) is 1. The highest BCUT2D eigenvalue weighted by Gasteiger charge is 2.33. The number of aromatic nitrogens is 2. The summed E-state index contributed by atoms with van der Waals surface area (Å²) in [7, 11) is 1.40. The minimum Gasteiger partial charge on any atom is -0.304 e. The number of carbonyl (C=O) groups is 1. The van der Waals surface area contributed by atoms with Gasteiger partial charge in [0.05, 0.1) is 22.7 Å². The van der Waals surface area contributed by atoms with Crippen LogP contribution in [0, 0.1) is 6.92 Å². The van der Waals surface area contributed by atoms with Gasteiger partial charge in [0.1, 0.15) is 5.71 Å². The second kappa shape index (κ2) is 8.99. The number of alkyl halides is 3. The smallest absolute Gasteiger partial charge is 0.304 e. The molecule has 0 radical (unpaired) electrons. The highest BCUT2D eigenvalue weighted by molar-refractivity contribution is 6.69. The van der Waals surface area contributed by atoms with Crippen molar-refractivity contribution < 1.29 is 18.0 Å². The first-order valence-electron chi connectivity index (χ1n) is 9.25. The quantitative estimate of drug-likeness (QED) is 0.737. The maximum atomic E-state index is 13.3. The number of carbonyl (C=O) groups excluding carboxylic acids is 1. The number of aryl methyl sites for hydroxylation is 1. The van der Waals surface area contributed by atoms with Crippen LogP contribution in [0.3, 0.4) is 0 Å². The first-order chi connectivity index (χ1) is 14.7. The third-order valence-corrected chi connectivity index (χ3v) is 4.36. The van der Waals surface area contributed by atoms with Crippen LogP contribution in [0.1, 0.15) is 23.7 Å². The van der Waals surface area contributed by atoms with Crippen molar-refractivity contribution in [2.24, 2.45) is 15.0 Å². The molecule has 1 amide bonds. The average Bonchev–Trinajstić information content (AvgIpc) is 3.10. The van der Waals surface area contributed by atoms with Crippen molar-refractivity contribution in [1.82, 2.24) is 10.2 Å². The second-order valence-corrected chi connectivity index (χ2v) is 6.63. The molecule has 1 aromatic heterocycles. The van der Waals surface area contributed by atoms with Gasteiger partial charge in [0, 0.05) is 12.6 Å². The molecule has 7 nitrogen and oxygen atoms in total. The maximum Gasteiger partial charge on any atom is 0.417 e. The molecule has 0 bridgehead atoms. The van der Waals surface area contributed by atoms with Gasteiger partial charge in [0.2, 0.25) is 0 Å². The molecule has 1 aliphatic heterocycles. The number of allylic oxidation sites excluding steroid dienone is 1. The molecule has 1 N–H and O–H groups in total. The topological polar surface area (TPSA) is 92.0 Å². The summed E-state index contributed by atoms with van der Waals surface area (Å²) in [6.07, 6.45) is -2.35. The van der Waals surface area contributed by atoms with Gasteiger partial charge in [-0.15, -0.1) is 5.10 Å². The zero-order valence-corrected chi connectivity index (χ0v) is 17.0.